The van der Waals surface area contributed by atoms with Crippen molar-refractivity contribution in [1.82, 2.24) is 30.8 Å². The van der Waals surface area contributed by atoms with Crippen LogP contribution in [0.1, 0.15) is 35.8 Å². The van der Waals surface area contributed by atoms with Crippen LogP contribution in [0, 0.1) is 0 Å². The molecule has 0 fully saturated rings. The molecule has 0 aliphatic heterocycles. The van der Waals surface area contributed by atoms with Crippen LogP contribution in [0.2, 0.25) is 5.02 Å². The molecule has 122 valence electrons. The largest absolute Gasteiger partial charge is 0.338 e. The minimum atomic E-state index is -0.182. The van der Waals surface area contributed by atoms with Crippen molar-refractivity contribution in [3.8, 4) is 0 Å². The molecule has 2 N–H and O–H groups in total. The standard InChI is InChI=1S/C15H19ClN6O/c1-22-14(19-20-21-22)7-8-17-15(23)18-13-4-2-3-10-5-6-11(16)9-12(10)13/h5-6,9,13H,2-4,7-8H2,1H3,(H2,17,18,23)/t13-/m1/s1. The zero-order chi connectivity index (χ0) is 16.2. The molecule has 1 aliphatic rings. The van der Waals surface area contributed by atoms with E-state index in [-0.39, 0.29) is 12.1 Å². The zero-order valence-corrected chi connectivity index (χ0v) is 13.7. The van der Waals surface area contributed by atoms with Crippen molar-refractivity contribution in [2.24, 2.45) is 7.05 Å². The van der Waals surface area contributed by atoms with Gasteiger partial charge in [-0.1, -0.05) is 17.7 Å². The number of rotatable bonds is 4. The minimum Gasteiger partial charge on any atom is -0.338 e. The highest BCUT2D eigenvalue weighted by Crippen LogP contribution is 2.31. The van der Waals surface area contributed by atoms with Gasteiger partial charge in [-0.25, -0.2) is 9.48 Å². The molecular formula is C15H19ClN6O. The summed E-state index contributed by atoms with van der Waals surface area (Å²) in [5.41, 5.74) is 2.38. The second-order valence-corrected chi connectivity index (χ2v) is 6.09. The van der Waals surface area contributed by atoms with Gasteiger partial charge in [0.2, 0.25) is 0 Å². The number of nitrogens with zero attached hydrogens (tertiary/aromatic N) is 4. The van der Waals surface area contributed by atoms with Crippen LogP contribution >= 0.6 is 11.6 Å². The van der Waals surface area contributed by atoms with Gasteiger partial charge in [-0.15, -0.1) is 5.10 Å². The van der Waals surface area contributed by atoms with Crippen molar-refractivity contribution in [2.75, 3.05) is 6.54 Å². The Morgan fingerprint density at radius 1 is 1.48 bits per heavy atom. The smallest absolute Gasteiger partial charge is 0.315 e. The molecule has 3 rings (SSSR count). The molecule has 1 aromatic carbocycles. The Balaban J connectivity index is 1.55. The van der Waals surface area contributed by atoms with Crippen molar-refractivity contribution in [2.45, 2.75) is 31.7 Å². The van der Waals surface area contributed by atoms with E-state index in [1.54, 1.807) is 11.7 Å². The Morgan fingerprint density at radius 3 is 3.13 bits per heavy atom. The molecule has 1 aromatic heterocycles. The molecule has 1 aliphatic carbocycles. The summed E-state index contributed by atoms with van der Waals surface area (Å²) in [6.07, 6.45) is 3.60. The second kappa shape index (κ2) is 6.95. The first-order valence-corrected chi connectivity index (χ1v) is 8.05. The third-order valence-corrected chi connectivity index (χ3v) is 4.30. The number of benzene rings is 1. The van der Waals surface area contributed by atoms with E-state index in [9.17, 15) is 4.79 Å². The Bertz CT molecular complexity index is 701. The van der Waals surface area contributed by atoms with Crippen LogP contribution in [0.3, 0.4) is 0 Å². The van der Waals surface area contributed by atoms with Crippen LogP contribution < -0.4 is 10.6 Å². The highest BCUT2D eigenvalue weighted by atomic mass is 35.5. The van der Waals surface area contributed by atoms with Gasteiger partial charge in [0, 0.05) is 25.0 Å². The number of hydrogen-bond donors (Lipinski definition) is 2. The lowest BCUT2D eigenvalue weighted by Gasteiger charge is -2.26. The number of amides is 2. The topological polar surface area (TPSA) is 84.7 Å². The molecule has 1 heterocycles. The van der Waals surface area contributed by atoms with Gasteiger partial charge in [0.15, 0.2) is 5.82 Å². The summed E-state index contributed by atoms with van der Waals surface area (Å²) in [4.78, 5) is 12.1. The summed E-state index contributed by atoms with van der Waals surface area (Å²) < 4.78 is 1.60. The number of urea groups is 1. The molecule has 0 bridgehead atoms. The summed E-state index contributed by atoms with van der Waals surface area (Å²) in [5.74, 6) is 0.736. The van der Waals surface area contributed by atoms with Crippen molar-refractivity contribution in [3.63, 3.8) is 0 Å². The van der Waals surface area contributed by atoms with Gasteiger partial charge in [0.1, 0.15) is 0 Å². The van der Waals surface area contributed by atoms with E-state index >= 15 is 0 Å². The van der Waals surface area contributed by atoms with Gasteiger partial charge < -0.3 is 10.6 Å². The van der Waals surface area contributed by atoms with Crippen LogP contribution in [0.15, 0.2) is 18.2 Å². The number of halogens is 1. The number of carbonyl (C=O) groups excluding carboxylic acids is 1. The highest BCUT2D eigenvalue weighted by molar-refractivity contribution is 6.30. The fourth-order valence-electron chi connectivity index (χ4n) is 2.88. The third kappa shape index (κ3) is 3.79. The van der Waals surface area contributed by atoms with E-state index in [0.717, 1.165) is 30.7 Å². The highest BCUT2D eigenvalue weighted by Gasteiger charge is 2.22. The lowest BCUT2D eigenvalue weighted by molar-refractivity contribution is 0.235. The fourth-order valence-corrected chi connectivity index (χ4v) is 3.06. The van der Waals surface area contributed by atoms with E-state index in [4.69, 9.17) is 11.6 Å². The van der Waals surface area contributed by atoms with Gasteiger partial charge in [-0.2, -0.15) is 0 Å². The number of carbonyl (C=O) groups is 1. The molecule has 0 unspecified atom stereocenters. The SMILES string of the molecule is Cn1nnnc1CCNC(=O)N[C@@H]1CCCc2ccc(Cl)cc21. The molecule has 2 amide bonds. The minimum absolute atomic E-state index is 0.00828. The van der Waals surface area contributed by atoms with E-state index < -0.39 is 0 Å². The van der Waals surface area contributed by atoms with Crippen molar-refractivity contribution >= 4 is 17.6 Å². The lowest BCUT2D eigenvalue weighted by atomic mass is 9.88. The number of aromatic nitrogens is 4. The first-order valence-electron chi connectivity index (χ1n) is 7.67. The fraction of sp³-hybridized carbons (Fsp3) is 0.467. The molecule has 0 radical (unpaired) electrons. The normalized spacial score (nSPS) is 16.7. The molecule has 0 spiro atoms. The average Bonchev–Trinajstić information content (AvgIpc) is 2.93. The van der Waals surface area contributed by atoms with Crippen LogP contribution in [-0.4, -0.2) is 32.8 Å². The first kappa shape index (κ1) is 15.7. The van der Waals surface area contributed by atoms with Gasteiger partial charge >= 0.3 is 6.03 Å². The quantitative estimate of drug-likeness (QED) is 0.892. The maximum atomic E-state index is 12.1. The van der Waals surface area contributed by atoms with Crippen LogP contribution in [-0.2, 0) is 19.9 Å². The molecule has 0 saturated heterocycles. The van der Waals surface area contributed by atoms with Crippen LogP contribution in [0.4, 0.5) is 4.79 Å². The molecule has 8 heteroatoms. The second-order valence-electron chi connectivity index (χ2n) is 5.66. The Hall–Kier alpha value is -2.15. The summed E-state index contributed by atoms with van der Waals surface area (Å²) in [7, 11) is 1.78. The monoisotopic (exact) mass is 334 g/mol. The predicted molar refractivity (Wildman–Crippen MR) is 86.2 cm³/mol. The van der Waals surface area contributed by atoms with E-state index in [0.29, 0.717) is 18.0 Å². The number of fused-ring (bicyclic) bond motifs is 1. The maximum Gasteiger partial charge on any atom is 0.315 e. The molecule has 23 heavy (non-hydrogen) atoms. The average molecular weight is 335 g/mol. The predicted octanol–water partition coefficient (Wildman–Crippen LogP) is 1.78. The van der Waals surface area contributed by atoms with Gasteiger partial charge in [-0.3, -0.25) is 0 Å². The molecule has 2 aromatic rings. The van der Waals surface area contributed by atoms with Crippen molar-refractivity contribution in [3.05, 3.63) is 40.2 Å². The number of tetrazole rings is 1. The van der Waals surface area contributed by atoms with Crippen LogP contribution in [0.5, 0.6) is 0 Å². The Morgan fingerprint density at radius 2 is 2.35 bits per heavy atom. The van der Waals surface area contributed by atoms with E-state index in [1.807, 2.05) is 18.2 Å². The van der Waals surface area contributed by atoms with E-state index in [2.05, 4.69) is 26.2 Å². The number of hydrogen-bond acceptors (Lipinski definition) is 4. The van der Waals surface area contributed by atoms with Gasteiger partial charge in [0.25, 0.3) is 0 Å². The van der Waals surface area contributed by atoms with Crippen molar-refractivity contribution in [1.29, 1.82) is 0 Å². The summed E-state index contributed by atoms with van der Waals surface area (Å²) >= 11 is 6.08. The number of nitrogens with one attached hydrogen (secondary N) is 2. The molecule has 7 nitrogen and oxygen atoms in total. The maximum absolute atomic E-state index is 12.1. The summed E-state index contributed by atoms with van der Waals surface area (Å²) in [6, 6.07) is 5.72. The zero-order valence-electron chi connectivity index (χ0n) is 12.9. The molecule has 0 saturated carbocycles. The molecule has 1 atom stereocenters. The van der Waals surface area contributed by atoms with E-state index in [1.165, 1.54) is 5.56 Å². The molecular weight excluding hydrogens is 316 g/mol. The van der Waals surface area contributed by atoms with Gasteiger partial charge in [0.05, 0.1) is 6.04 Å². The third-order valence-electron chi connectivity index (χ3n) is 4.07. The van der Waals surface area contributed by atoms with Gasteiger partial charge in [-0.05, 0) is 52.9 Å². The summed E-state index contributed by atoms with van der Waals surface area (Å²) in [6.45, 7) is 0.481. The Labute approximate surface area is 139 Å². The number of aryl methyl sites for hydroxylation is 2. The van der Waals surface area contributed by atoms with Crippen molar-refractivity contribution < 1.29 is 4.79 Å². The lowest BCUT2D eigenvalue weighted by Crippen LogP contribution is -2.40. The summed E-state index contributed by atoms with van der Waals surface area (Å²) in [5, 5.41) is 17.8. The first-order chi connectivity index (χ1) is 11.1. The van der Waals surface area contributed by atoms with Crippen LogP contribution in [0.25, 0.3) is 0 Å². The Kier molecular flexibility index (Phi) is 4.76.